The number of rotatable bonds is 4. The van der Waals surface area contributed by atoms with Crippen LogP contribution in [0.15, 0.2) is 22.4 Å². The summed E-state index contributed by atoms with van der Waals surface area (Å²) in [5.74, 6) is 0. The maximum Gasteiger partial charge on any atom is 0.0728 e. The molecule has 0 spiro atoms. The fraction of sp³-hybridized carbons (Fsp3) is 0.714. The van der Waals surface area contributed by atoms with E-state index in [1.807, 2.05) is 5.20 Å². The summed E-state index contributed by atoms with van der Waals surface area (Å²) in [7, 11) is -1.06. The van der Waals surface area contributed by atoms with Crippen molar-refractivity contribution < 1.29 is 0 Å². The lowest BCUT2D eigenvalue weighted by molar-refractivity contribution is 0.757. The molecule has 1 heteroatoms. The Morgan fingerprint density at radius 2 is 1.93 bits per heavy atom. The highest BCUT2D eigenvalue weighted by Crippen LogP contribution is 2.33. The molecule has 1 aliphatic rings. The average molecular weight is 222 g/mol. The van der Waals surface area contributed by atoms with Gasteiger partial charge in [-0.2, -0.15) is 0 Å². The first-order valence-corrected chi connectivity index (χ1v) is 9.82. The molecule has 1 rings (SSSR count). The first kappa shape index (κ1) is 12.8. The molecule has 0 aliphatic heterocycles. The maximum absolute atomic E-state index is 2.49. The van der Waals surface area contributed by atoms with E-state index in [1.165, 1.54) is 32.1 Å². The summed E-state index contributed by atoms with van der Waals surface area (Å²) in [5, 5.41) is 1.83. The molecular formula is C14H26Si. The molecule has 0 unspecified atom stereocenters. The molecular weight excluding hydrogens is 196 g/mol. The fourth-order valence-corrected chi connectivity index (χ4v) is 4.39. The molecule has 0 bridgehead atoms. The Morgan fingerprint density at radius 1 is 1.27 bits per heavy atom. The molecule has 0 atom stereocenters. The van der Waals surface area contributed by atoms with Crippen molar-refractivity contribution in [3.63, 3.8) is 0 Å². The van der Waals surface area contributed by atoms with E-state index >= 15 is 0 Å². The van der Waals surface area contributed by atoms with Crippen LogP contribution in [0.2, 0.25) is 19.6 Å². The van der Waals surface area contributed by atoms with E-state index in [0.29, 0.717) is 0 Å². The van der Waals surface area contributed by atoms with Crippen LogP contribution in [-0.4, -0.2) is 8.07 Å². The van der Waals surface area contributed by atoms with Gasteiger partial charge in [0.1, 0.15) is 0 Å². The monoisotopic (exact) mass is 222 g/mol. The van der Waals surface area contributed by atoms with Gasteiger partial charge in [-0.25, -0.2) is 0 Å². The lowest BCUT2D eigenvalue weighted by atomic mass is 9.95. The number of unbranched alkanes of at least 4 members (excludes halogenated alkanes) is 1. The van der Waals surface area contributed by atoms with Crippen LogP contribution in [0.4, 0.5) is 0 Å². The van der Waals surface area contributed by atoms with Gasteiger partial charge in [-0.1, -0.05) is 55.4 Å². The van der Waals surface area contributed by atoms with Crippen LogP contribution in [0.25, 0.3) is 0 Å². The predicted molar refractivity (Wildman–Crippen MR) is 72.9 cm³/mol. The molecule has 0 N–H and O–H groups in total. The summed E-state index contributed by atoms with van der Waals surface area (Å²) in [6, 6.07) is 0. The quantitative estimate of drug-likeness (QED) is 0.459. The number of hydrogen-bond acceptors (Lipinski definition) is 0. The molecule has 0 aromatic heterocycles. The van der Waals surface area contributed by atoms with Gasteiger partial charge in [-0.3, -0.25) is 0 Å². The third-order valence-corrected chi connectivity index (χ3v) is 5.68. The molecule has 0 aromatic carbocycles. The summed E-state index contributed by atoms with van der Waals surface area (Å²) < 4.78 is 0. The third-order valence-electron chi connectivity index (χ3n) is 3.31. The van der Waals surface area contributed by atoms with Crippen molar-refractivity contribution in [1.29, 1.82) is 0 Å². The van der Waals surface area contributed by atoms with Gasteiger partial charge in [-0.05, 0) is 32.6 Å². The first-order valence-electron chi connectivity index (χ1n) is 6.32. The summed E-state index contributed by atoms with van der Waals surface area (Å²) in [4.78, 5) is 0. The van der Waals surface area contributed by atoms with Crippen molar-refractivity contribution in [3.05, 3.63) is 22.4 Å². The highest BCUT2D eigenvalue weighted by Gasteiger charge is 2.24. The molecule has 0 heterocycles. The van der Waals surface area contributed by atoms with E-state index in [-0.39, 0.29) is 0 Å². The average Bonchev–Trinajstić information content (AvgIpc) is 2.12. The van der Waals surface area contributed by atoms with Crippen molar-refractivity contribution in [1.82, 2.24) is 0 Å². The third kappa shape index (κ3) is 3.64. The summed E-state index contributed by atoms with van der Waals surface area (Å²) in [5.41, 5.74) is 3.37. The minimum Gasteiger partial charge on any atom is -0.0816 e. The smallest absolute Gasteiger partial charge is 0.0728 e. The first-order chi connectivity index (χ1) is 6.95. The van der Waals surface area contributed by atoms with Crippen LogP contribution < -0.4 is 0 Å². The molecule has 0 saturated carbocycles. The van der Waals surface area contributed by atoms with Gasteiger partial charge in [-0.15, -0.1) is 0 Å². The van der Waals surface area contributed by atoms with E-state index < -0.39 is 8.07 Å². The second kappa shape index (κ2) is 5.15. The molecule has 15 heavy (non-hydrogen) atoms. The van der Waals surface area contributed by atoms with Gasteiger partial charge in [0.15, 0.2) is 0 Å². The summed E-state index contributed by atoms with van der Waals surface area (Å²) in [6.07, 6.45) is 9.01. The maximum atomic E-state index is 2.49. The van der Waals surface area contributed by atoms with Crippen LogP contribution in [0.1, 0.15) is 46.0 Å². The zero-order valence-corrected chi connectivity index (χ0v) is 12.1. The minimum absolute atomic E-state index is 1.06. The standard InChI is InChI=1S/C14H26Si/c1-6-7-8-13-11-12(2)9-10-14(13)15(3,4)5/h9H,6-8,10-11H2,1-5H3. The normalized spacial score (nSPS) is 18.1. The minimum atomic E-state index is -1.06. The molecule has 0 saturated heterocycles. The Hall–Kier alpha value is -0.303. The molecule has 1 aliphatic carbocycles. The highest BCUT2D eigenvalue weighted by molar-refractivity contribution is 6.83. The molecule has 0 nitrogen and oxygen atoms in total. The summed E-state index contributed by atoms with van der Waals surface area (Å²) >= 11 is 0. The van der Waals surface area contributed by atoms with E-state index in [4.69, 9.17) is 0 Å². The Kier molecular flexibility index (Phi) is 4.39. The van der Waals surface area contributed by atoms with Crippen molar-refractivity contribution in [2.75, 3.05) is 0 Å². The van der Waals surface area contributed by atoms with E-state index in [1.54, 1.807) is 11.1 Å². The van der Waals surface area contributed by atoms with Crippen molar-refractivity contribution in [2.24, 2.45) is 0 Å². The Bertz CT molecular complexity index is 276. The SMILES string of the molecule is CCCCC1=C([Si](C)(C)C)CC=C(C)C1. The van der Waals surface area contributed by atoms with Gasteiger partial charge >= 0.3 is 0 Å². The second-order valence-electron chi connectivity index (χ2n) is 5.87. The Labute approximate surface area is 96.5 Å². The number of hydrogen-bond donors (Lipinski definition) is 0. The topological polar surface area (TPSA) is 0 Å². The van der Waals surface area contributed by atoms with Gasteiger partial charge in [0.05, 0.1) is 8.07 Å². The fourth-order valence-electron chi connectivity index (χ4n) is 2.40. The van der Waals surface area contributed by atoms with Gasteiger partial charge < -0.3 is 0 Å². The molecule has 0 aromatic rings. The van der Waals surface area contributed by atoms with Crippen molar-refractivity contribution in [3.8, 4) is 0 Å². The van der Waals surface area contributed by atoms with Crippen LogP contribution in [0.3, 0.4) is 0 Å². The lowest BCUT2D eigenvalue weighted by Crippen LogP contribution is -2.26. The summed E-state index contributed by atoms with van der Waals surface area (Å²) in [6.45, 7) is 12.0. The Morgan fingerprint density at radius 3 is 2.47 bits per heavy atom. The van der Waals surface area contributed by atoms with Gasteiger partial charge in [0.25, 0.3) is 0 Å². The zero-order chi connectivity index (χ0) is 11.5. The zero-order valence-electron chi connectivity index (χ0n) is 11.1. The van der Waals surface area contributed by atoms with Gasteiger partial charge in [0.2, 0.25) is 0 Å². The van der Waals surface area contributed by atoms with Crippen LogP contribution in [0, 0.1) is 0 Å². The van der Waals surface area contributed by atoms with E-state index in [0.717, 1.165) is 0 Å². The van der Waals surface area contributed by atoms with Gasteiger partial charge in [0, 0.05) is 0 Å². The predicted octanol–water partition coefficient (Wildman–Crippen LogP) is 5.09. The van der Waals surface area contributed by atoms with Crippen LogP contribution in [-0.2, 0) is 0 Å². The molecule has 0 radical (unpaired) electrons. The van der Waals surface area contributed by atoms with Crippen LogP contribution >= 0.6 is 0 Å². The molecule has 0 amide bonds. The molecule has 86 valence electrons. The second-order valence-corrected chi connectivity index (χ2v) is 11.0. The van der Waals surface area contributed by atoms with Crippen molar-refractivity contribution >= 4 is 8.07 Å². The van der Waals surface area contributed by atoms with Crippen LogP contribution in [0.5, 0.6) is 0 Å². The lowest BCUT2D eigenvalue weighted by Gasteiger charge is -2.28. The number of allylic oxidation sites excluding steroid dienone is 4. The Balaban J connectivity index is 2.83. The highest BCUT2D eigenvalue weighted by atomic mass is 28.3. The largest absolute Gasteiger partial charge is 0.0816 e. The molecule has 0 fully saturated rings. The van der Waals surface area contributed by atoms with E-state index in [2.05, 4.69) is 39.6 Å². The van der Waals surface area contributed by atoms with E-state index in [9.17, 15) is 0 Å². The van der Waals surface area contributed by atoms with Crippen molar-refractivity contribution in [2.45, 2.75) is 65.6 Å².